The molecule has 0 spiro atoms. The zero-order valence-corrected chi connectivity index (χ0v) is 17.2. The smallest absolute Gasteiger partial charge is 0.369 e. The van der Waals surface area contributed by atoms with E-state index < -0.39 is 27.6 Å². The van der Waals surface area contributed by atoms with Gasteiger partial charge in [0.05, 0.1) is 10.5 Å². The molecule has 3 aromatic rings. The molecule has 12 heteroatoms. The second kappa shape index (κ2) is 8.36. The molecule has 0 saturated carbocycles. The highest BCUT2D eigenvalue weighted by molar-refractivity contribution is 7.89. The van der Waals surface area contributed by atoms with Crippen LogP contribution in [0.1, 0.15) is 12.0 Å². The summed E-state index contributed by atoms with van der Waals surface area (Å²) >= 11 is 0. The van der Waals surface area contributed by atoms with Gasteiger partial charge in [0.25, 0.3) is 0 Å². The molecule has 3 N–H and O–H groups in total. The largest absolute Gasteiger partial charge is 0.419 e. The highest BCUT2D eigenvalue weighted by Crippen LogP contribution is 2.36. The summed E-state index contributed by atoms with van der Waals surface area (Å²) < 4.78 is 80.5. The zero-order valence-electron chi connectivity index (χ0n) is 16.4. The van der Waals surface area contributed by atoms with Gasteiger partial charge in [-0.1, -0.05) is 12.1 Å². The van der Waals surface area contributed by atoms with Crippen LogP contribution < -0.4 is 15.4 Å². The van der Waals surface area contributed by atoms with Crippen LogP contribution in [-0.4, -0.2) is 31.5 Å². The van der Waals surface area contributed by atoms with E-state index in [9.17, 15) is 26.0 Å². The lowest BCUT2D eigenvalue weighted by molar-refractivity contribution is -0.139. The van der Waals surface area contributed by atoms with Gasteiger partial charge in [0, 0.05) is 30.5 Å². The van der Waals surface area contributed by atoms with Crippen LogP contribution in [0.25, 0.3) is 11.1 Å². The Morgan fingerprint density at radius 1 is 1.03 bits per heavy atom. The number of fused-ring (bicyclic) bond motifs is 4. The molecule has 4 bridgehead atoms. The number of halogens is 4. The summed E-state index contributed by atoms with van der Waals surface area (Å²) in [4.78, 5) is 8.54. The highest BCUT2D eigenvalue weighted by Gasteiger charge is 2.34. The highest BCUT2D eigenvalue weighted by atomic mass is 32.2. The number of nitrogens with one attached hydrogen (secondary N) is 3. The molecule has 0 unspecified atom stereocenters. The first-order chi connectivity index (χ1) is 15.1. The third kappa shape index (κ3) is 4.65. The van der Waals surface area contributed by atoms with Crippen molar-refractivity contribution in [3.8, 4) is 11.1 Å². The molecule has 0 fully saturated rings. The van der Waals surface area contributed by atoms with E-state index in [1.165, 1.54) is 24.4 Å². The second-order valence-electron chi connectivity index (χ2n) is 6.98. The number of benzene rings is 2. The fourth-order valence-corrected chi connectivity index (χ4v) is 4.27. The van der Waals surface area contributed by atoms with Gasteiger partial charge in [-0.3, -0.25) is 0 Å². The van der Waals surface area contributed by atoms with Gasteiger partial charge in [-0.05, 0) is 42.3 Å². The van der Waals surface area contributed by atoms with Gasteiger partial charge in [0.1, 0.15) is 11.6 Å². The van der Waals surface area contributed by atoms with E-state index in [4.69, 9.17) is 0 Å². The van der Waals surface area contributed by atoms with Gasteiger partial charge in [-0.15, -0.1) is 0 Å². The van der Waals surface area contributed by atoms with Crippen molar-refractivity contribution in [1.82, 2.24) is 14.7 Å². The minimum Gasteiger partial charge on any atom is -0.369 e. The van der Waals surface area contributed by atoms with Crippen LogP contribution >= 0.6 is 0 Å². The fourth-order valence-electron chi connectivity index (χ4n) is 3.15. The maximum atomic E-state index is 13.7. The summed E-state index contributed by atoms with van der Waals surface area (Å²) in [6.45, 7) is 0.409. The van der Waals surface area contributed by atoms with Gasteiger partial charge in [-0.2, -0.15) is 18.2 Å². The molecule has 7 nitrogen and oxygen atoms in total. The Morgan fingerprint density at radius 3 is 2.62 bits per heavy atom. The number of aromatic nitrogens is 2. The molecular formula is C20H17F4N5O2S. The number of sulfonamides is 1. The van der Waals surface area contributed by atoms with E-state index in [0.717, 1.165) is 6.07 Å². The summed E-state index contributed by atoms with van der Waals surface area (Å²) in [5.41, 5.74) is -0.655. The third-order valence-electron chi connectivity index (χ3n) is 4.71. The molecule has 1 aliphatic rings. The average Bonchev–Trinajstić information content (AvgIpc) is 2.73. The molecule has 0 atom stereocenters. The second-order valence-corrected chi connectivity index (χ2v) is 8.75. The summed E-state index contributed by atoms with van der Waals surface area (Å²) in [6.07, 6.45) is -3.15. The van der Waals surface area contributed by atoms with Crippen molar-refractivity contribution >= 4 is 27.5 Å². The molecule has 4 rings (SSSR count). The van der Waals surface area contributed by atoms with E-state index in [1.807, 2.05) is 0 Å². The number of anilines is 3. The third-order valence-corrected chi connectivity index (χ3v) is 6.17. The number of hydrogen-bond donors (Lipinski definition) is 3. The number of alkyl halides is 3. The number of rotatable bonds is 1. The Hall–Kier alpha value is -3.25. The molecule has 32 heavy (non-hydrogen) atoms. The topological polar surface area (TPSA) is 96.0 Å². The SMILES string of the molecule is O=S1(=O)NCCCNc2nc(ncc2-c2ccc(F)c(C(F)(F)F)c2)Nc2cccc1c2. The minimum atomic E-state index is -4.85. The van der Waals surface area contributed by atoms with E-state index in [0.29, 0.717) is 18.2 Å². The van der Waals surface area contributed by atoms with Crippen LogP contribution in [0.4, 0.5) is 35.0 Å². The van der Waals surface area contributed by atoms with Crippen molar-refractivity contribution in [2.24, 2.45) is 0 Å². The lowest BCUT2D eigenvalue weighted by atomic mass is 10.0. The van der Waals surface area contributed by atoms with Crippen molar-refractivity contribution < 1.29 is 26.0 Å². The Balaban J connectivity index is 1.76. The molecule has 2 heterocycles. The van der Waals surface area contributed by atoms with Crippen molar-refractivity contribution in [3.05, 3.63) is 60.0 Å². The van der Waals surface area contributed by atoms with Gasteiger partial charge in [0.15, 0.2) is 0 Å². The molecule has 168 valence electrons. The van der Waals surface area contributed by atoms with E-state index in [1.54, 1.807) is 12.1 Å². The summed E-state index contributed by atoms with van der Waals surface area (Å²) in [5, 5.41) is 5.89. The maximum absolute atomic E-state index is 13.7. The molecular weight excluding hydrogens is 450 g/mol. The van der Waals surface area contributed by atoms with E-state index in [2.05, 4.69) is 25.3 Å². The first-order valence-electron chi connectivity index (χ1n) is 9.48. The zero-order chi connectivity index (χ0) is 22.9. The fraction of sp³-hybridized carbons (Fsp3) is 0.200. The normalized spacial score (nSPS) is 16.0. The molecule has 0 radical (unpaired) electrons. The predicted octanol–water partition coefficient (Wildman–Crippen LogP) is 4.14. The lowest BCUT2D eigenvalue weighted by Gasteiger charge is -2.15. The molecule has 1 aliphatic heterocycles. The standard InChI is InChI=1S/C20H17F4N5O2S/c21-17-6-5-12(9-16(17)20(22,23)24)15-11-26-19-28-13-3-1-4-14(10-13)32(30,31)27-8-2-7-25-18(15)29-19/h1,3-6,9-11,27H,2,7-8H2,(H2,25,26,28,29). The van der Waals surface area contributed by atoms with Gasteiger partial charge >= 0.3 is 6.18 Å². The van der Waals surface area contributed by atoms with Crippen molar-refractivity contribution in [1.29, 1.82) is 0 Å². The van der Waals surface area contributed by atoms with E-state index >= 15 is 0 Å². The lowest BCUT2D eigenvalue weighted by Crippen LogP contribution is -2.26. The first-order valence-corrected chi connectivity index (χ1v) is 11.0. The monoisotopic (exact) mass is 467 g/mol. The average molecular weight is 467 g/mol. The minimum absolute atomic E-state index is 0.0672. The van der Waals surface area contributed by atoms with Gasteiger partial charge in [0.2, 0.25) is 16.0 Å². The van der Waals surface area contributed by atoms with Crippen LogP contribution in [-0.2, 0) is 16.2 Å². The quantitative estimate of drug-likeness (QED) is 0.466. The predicted molar refractivity (Wildman–Crippen MR) is 110 cm³/mol. The molecule has 0 aliphatic carbocycles. The van der Waals surface area contributed by atoms with Crippen LogP contribution in [0, 0.1) is 5.82 Å². The first kappa shape index (κ1) is 22.0. The van der Waals surface area contributed by atoms with Crippen LogP contribution in [0.3, 0.4) is 0 Å². The van der Waals surface area contributed by atoms with Crippen molar-refractivity contribution in [2.45, 2.75) is 17.5 Å². The van der Waals surface area contributed by atoms with Crippen LogP contribution in [0.15, 0.2) is 53.6 Å². The summed E-state index contributed by atoms with van der Waals surface area (Å²) in [5.74, 6) is -1.04. The van der Waals surface area contributed by atoms with Crippen molar-refractivity contribution in [3.63, 3.8) is 0 Å². The summed E-state index contributed by atoms with van der Waals surface area (Å²) in [7, 11) is -3.71. The van der Waals surface area contributed by atoms with Crippen LogP contribution in [0.5, 0.6) is 0 Å². The van der Waals surface area contributed by atoms with Gasteiger partial charge < -0.3 is 10.6 Å². The van der Waals surface area contributed by atoms with Crippen molar-refractivity contribution in [2.75, 3.05) is 23.7 Å². The Morgan fingerprint density at radius 2 is 1.84 bits per heavy atom. The molecule has 2 aromatic carbocycles. The maximum Gasteiger partial charge on any atom is 0.419 e. The number of hydrogen-bond acceptors (Lipinski definition) is 6. The summed E-state index contributed by atoms with van der Waals surface area (Å²) in [6, 6.07) is 8.72. The molecule has 0 amide bonds. The van der Waals surface area contributed by atoms with Crippen LogP contribution in [0.2, 0.25) is 0 Å². The number of nitrogens with zero attached hydrogens (tertiary/aromatic N) is 2. The Labute approximate surface area is 181 Å². The molecule has 1 aromatic heterocycles. The molecule has 0 saturated heterocycles. The Bertz CT molecular complexity index is 1270. The Kier molecular flexibility index (Phi) is 5.73. The van der Waals surface area contributed by atoms with E-state index in [-0.39, 0.29) is 40.9 Å². The van der Waals surface area contributed by atoms with Gasteiger partial charge in [-0.25, -0.2) is 22.5 Å².